The lowest BCUT2D eigenvalue weighted by molar-refractivity contribution is 0.192. The van der Waals surface area contributed by atoms with Crippen molar-refractivity contribution in [3.05, 3.63) is 0 Å². The molecule has 0 radical (unpaired) electrons. The third kappa shape index (κ3) is 4.07. The Morgan fingerprint density at radius 1 is 1.62 bits per heavy atom. The minimum atomic E-state index is 0.239. The van der Waals surface area contributed by atoms with Crippen molar-refractivity contribution in [3.8, 4) is 0 Å². The van der Waals surface area contributed by atoms with Gasteiger partial charge in [0.05, 0.1) is 6.61 Å². The molecular formula is C10H22N2O. The van der Waals surface area contributed by atoms with Crippen LogP contribution in [0.2, 0.25) is 0 Å². The highest BCUT2D eigenvalue weighted by Crippen LogP contribution is 2.13. The highest BCUT2D eigenvalue weighted by Gasteiger charge is 2.16. The van der Waals surface area contributed by atoms with Crippen molar-refractivity contribution < 1.29 is 5.11 Å². The van der Waals surface area contributed by atoms with Crippen molar-refractivity contribution in [3.63, 3.8) is 0 Å². The molecule has 3 nitrogen and oxygen atoms in total. The Morgan fingerprint density at radius 3 is 3.00 bits per heavy atom. The number of rotatable bonds is 4. The van der Waals surface area contributed by atoms with Gasteiger partial charge in [-0.1, -0.05) is 0 Å². The monoisotopic (exact) mass is 186 g/mol. The molecule has 1 heterocycles. The Kier molecular flexibility index (Phi) is 4.70. The molecule has 0 saturated carbocycles. The number of likely N-dealkylation sites (tertiary alicyclic amines) is 1. The van der Waals surface area contributed by atoms with Gasteiger partial charge < -0.3 is 15.3 Å². The standard InChI is InChI=1S/C10H22N2O/c1-9(8-13)11-6-10-4-3-5-12(2)7-10/h9-11,13H,3-8H2,1-2H3/t9-,10?/m1/s1. The molecule has 1 aliphatic rings. The molecule has 1 fully saturated rings. The second-order valence-corrected chi connectivity index (χ2v) is 4.26. The Balaban J connectivity index is 2.13. The van der Waals surface area contributed by atoms with Gasteiger partial charge in [-0.3, -0.25) is 0 Å². The Bertz CT molecular complexity index is 141. The van der Waals surface area contributed by atoms with Crippen LogP contribution < -0.4 is 5.32 Å². The minimum Gasteiger partial charge on any atom is -0.395 e. The van der Waals surface area contributed by atoms with Crippen LogP contribution in [0, 0.1) is 5.92 Å². The summed E-state index contributed by atoms with van der Waals surface area (Å²) in [5, 5.41) is 12.2. The minimum absolute atomic E-state index is 0.239. The van der Waals surface area contributed by atoms with E-state index in [2.05, 4.69) is 17.3 Å². The topological polar surface area (TPSA) is 35.5 Å². The number of aliphatic hydroxyl groups is 1. The maximum atomic E-state index is 8.84. The first-order valence-corrected chi connectivity index (χ1v) is 5.25. The quantitative estimate of drug-likeness (QED) is 0.663. The molecule has 1 unspecified atom stereocenters. The summed E-state index contributed by atoms with van der Waals surface area (Å²) in [7, 11) is 2.18. The number of aliphatic hydroxyl groups excluding tert-OH is 1. The first-order chi connectivity index (χ1) is 6.22. The summed E-state index contributed by atoms with van der Waals surface area (Å²) in [4.78, 5) is 2.39. The lowest BCUT2D eigenvalue weighted by Gasteiger charge is -2.30. The van der Waals surface area contributed by atoms with Crippen molar-refractivity contribution in [1.29, 1.82) is 0 Å². The lowest BCUT2D eigenvalue weighted by atomic mass is 9.98. The number of nitrogens with one attached hydrogen (secondary N) is 1. The third-order valence-corrected chi connectivity index (χ3v) is 2.75. The van der Waals surface area contributed by atoms with Crippen LogP contribution in [0.4, 0.5) is 0 Å². The van der Waals surface area contributed by atoms with Crippen LogP contribution in [0.3, 0.4) is 0 Å². The van der Waals surface area contributed by atoms with Gasteiger partial charge in [0.15, 0.2) is 0 Å². The van der Waals surface area contributed by atoms with Crippen LogP contribution in [0.5, 0.6) is 0 Å². The van der Waals surface area contributed by atoms with Crippen LogP contribution in [0.1, 0.15) is 19.8 Å². The van der Waals surface area contributed by atoms with Gasteiger partial charge in [0, 0.05) is 12.6 Å². The van der Waals surface area contributed by atoms with Crippen molar-refractivity contribution in [1.82, 2.24) is 10.2 Å². The molecule has 0 aromatic rings. The Hall–Kier alpha value is -0.120. The van der Waals surface area contributed by atoms with E-state index in [0.717, 1.165) is 12.5 Å². The second kappa shape index (κ2) is 5.58. The zero-order valence-electron chi connectivity index (χ0n) is 8.79. The largest absolute Gasteiger partial charge is 0.395 e. The summed E-state index contributed by atoms with van der Waals surface area (Å²) >= 11 is 0. The highest BCUT2D eigenvalue weighted by atomic mass is 16.3. The van der Waals surface area contributed by atoms with Crippen molar-refractivity contribution in [2.45, 2.75) is 25.8 Å². The molecule has 0 aromatic carbocycles. The van der Waals surface area contributed by atoms with Gasteiger partial charge in [0.1, 0.15) is 0 Å². The molecule has 1 saturated heterocycles. The number of hydrogen-bond acceptors (Lipinski definition) is 3. The molecule has 0 bridgehead atoms. The van der Waals surface area contributed by atoms with Crippen LogP contribution in [-0.4, -0.2) is 49.3 Å². The van der Waals surface area contributed by atoms with Crippen molar-refractivity contribution in [2.24, 2.45) is 5.92 Å². The maximum Gasteiger partial charge on any atom is 0.0581 e. The first kappa shape index (κ1) is 11.0. The fraction of sp³-hybridized carbons (Fsp3) is 1.00. The normalized spacial score (nSPS) is 27.5. The third-order valence-electron chi connectivity index (χ3n) is 2.75. The molecule has 0 aliphatic carbocycles. The van der Waals surface area contributed by atoms with E-state index in [0.29, 0.717) is 0 Å². The summed E-state index contributed by atoms with van der Waals surface area (Å²) in [6.45, 7) is 5.75. The van der Waals surface area contributed by atoms with Crippen molar-refractivity contribution >= 4 is 0 Å². The predicted molar refractivity (Wildman–Crippen MR) is 54.8 cm³/mol. The zero-order valence-corrected chi connectivity index (χ0v) is 8.79. The van der Waals surface area contributed by atoms with Gasteiger partial charge in [-0.2, -0.15) is 0 Å². The van der Waals surface area contributed by atoms with Crippen LogP contribution >= 0.6 is 0 Å². The fourth-order valence-electron chi connectivity index (χ4n) is 1.87. The molecule has 78 valence electrons. The summed E-state index contributed by atoms with van der Waals surface area (Å²) in [6, 6.07) is 0.243. The highest BCUT2D eigenvalue weighted by molar-refractivity contribution is 4.73. The molecule has 3 heteroatoms. The van der Waals surface area contributed by atoms with Gasteiger partial charge in [0.2, 0.25) is 0 Å². The smallest absolute Gasteiger partial charge is 0.0581 e. The number of piperidine rings is 1. The summed E-state index contributed by atoms with van der Waals surface area (Å²) < 4.78 is 0. The Morgan fingerprint density at radius 2 is 2.38 bits per heavy atom. The maximum absolute atomic E-state index is 8.84. The van der Waals surface area contributed by atoms with E-state index in [1.165, 1.54) is 25.9 Å². The SMILES string of the molecule is C[C@H](CO)NCC1CCCN(C)C1. The summed E-state index contributed by atoms with van der Waals surface area (Å²) in [6.07, 6.45) is 2.64. The lowest BCUT2D eigenvalue weighted by Crippen LogP contribution is -2.40. The number of hydrogen-bond donors (Lipinski definition) is 2. The van der Waals surface area contributed by atoms with Gasteiger partial charge >= 0.3 is 0 Å². The van der Waals surface area contributed by atoms with Gasteiger partial charge in [-0.25, -0.2) is 0 Å². The van der Waals surface area contributed by atoms with Crippen LogP contribution in [0.25, 0.3) is 0 Å². The van der Waals surface area contributed by atoms with E-state index in [1.807, 2.05) is 6.92 Å². The molecule has 1 aliphatic heterocycles. The molecule has 1 rings (SSSR count). The van der Waals surface area contributed by atoms with Crippen molar-refractivity contribution in [2.75, 3.05) is 33.3 Å². The van der Waals surface area contributed by atoms with E-state index in [1.54, 1.807) is 0 Å². The average molecular weight is 186 g/mol. The van der Waals surface area contributed by atoms with E-state index < -0.39 is 0 Å². The second-order valence-electron chi connectivity index (χ2n) is 4.26. The summed E-state index contributed by atoms with van der Waals surface area (Å²) in [5.41, 5.74) is 0. The van der Waals surface area contributed by atoms with E-state index in [-0.39, 0.29) is 12.6 Å². The molecule has 0 spiro atoms. The Labute approximate surface area is 81.1 Å². The molecule has 13 heavy (non-hydrogen) atoms. The summed E-state index contributed by atoms with van der Waals surface area (Å²) in [5.74, 6) is 0.771. The van der Waals surface area contributed by atoms with Gasteiger partial charge in [-0.05, 0) is 45.8 Å². The predicted octanol–water partition coefficient (Wildman–Crippen LogP) is 0.299. The van der Waals surface area contributed by atoms with E-state index >= 15 is 0 Å². The molecule has 2 atom stereocenters. The van der Waals surface area contributed by atoms with Crippen LogP contribution in [0.15, 0.2) is 0 Å². The first-order valence-electron chi connectivity index (χ1n) is 5.25. The van der Waals surface area contributed by atoms with E-state index in [4.69, 9.17) is 5.11 Å². The molecule has 0 amide bonds. The average Bonchev–Trinajstić information content (AvgIpc) is 2.14. The number of nitrogens with zero attached hydrogens (tertiary/aromatic N) is 1. The van der Waals surface area contributed by atoms with Gasteiger partial charge in [-0.15, -0.1) is 0 Å². The molecular weight excluding hydrogens is 164 g/mol. The van der Waals surface area contributed by atoms with Crippen LogP contribution in [-0.2, 0) is 0 Å². The molecule has 0 aromatic heterocycles. The zero-order chi connectivity index (χ0) is 9.68. The molecule has 2 N–H and O–H groups in total. The fourth-order valence-corrected chi connectivity index (χ4v) is 1.87. The van der Waals surface area contributed by atoms with E-state index in [9.17, 15) is 0 Å². The van der Waals surface area contributed by atoms with Gasteiger partial charge in [0.25, 0.3) is 0 Å².